The summed E-state index contributed by atoms with van der Waals surface area (Å²) in [6.45, 7) is 3.23. The predicted molar refractivity (Wildman–Crippen MR) is 107 cm³/mol. The lowest BCUT2D eigenvalue weighted by atomic mass is 10.0. The summed E-state index contributed by atoms with van der Waals surface area (Å²) in [7, 11) is 3.20. The van der Waals surface area contributed by atoms with Crippen LogP contribution in [0.4, 0.5) is 0 Å². The number of benzene rings is 1. The largest absolute Gasteiger partial charge is 0.497 e. The molecule has 2 amide bonds. The Kier molecular flexibility index (Phi) is 5.42. The molecule has 1 unspecified atom stereocenters. The van der Waals surface area contributed by atoms with Crippen LogP contribution in [0.15, 0.2) is 18.2 Å². The van der Waals surface area contributed by atoms with Gasteiger partial charge in [-0.15, -0.1) is 0 Å². The standard InChI is InChI=1S/C22H30N2O5/c1-14(15-9-16(27-2)11-17(10-15)28-3)23-20(25)18-12-22(6-7-22)13-24(18)21(26)19-5-4-8-29-19/h9-11,14,18-19H,4-8,12-13H2,1-3H3,(H,23,25)/t14-,18-,19?/m1/s1. The number of amides is 2. The zero-order chi connectivity index (χ0) is 20.6. The van der Waals surface area contributed by atoms with Crippen molar-refractivity contribution in [2.45, 2.75) is 57.2 Å². The van der Waals surface area contributed by atoms with Crippen molar-refractivity contribution in [2.75, 3.05) is 27.4 Å². The molecule has 1 spiro atoms. The van der Waals surface area contributed by atoms with Crippen LogP contribution in [0.1, 0.15) is 50.6 Å². The van der Waals surface area contributed by atoms with E-state index in [-0.39, 0.29) is 29.4 Å². The molecule has 1 aliphatic carbocycles. The third kappa shape index (κ3) is 4.06. The summed E-state index contributed by atoms with van der Waals surface area (Å²) in [4.78, 5) is 27.9. The highest BCUT2D eigenvalue weighted by Crippen LogP contribution is 2.55. The van der Waals surface area contributed by atoms with Gasteiger partial charge < -0.3 is 24.4 Å². The molecule has 29 heavy (non-hydrogen) atoms. The second kappa shape index (κ2) is 7.86. The fourth-order valence-corrected chi connectivity index (χ4v) is 4.49. The fraction of sp³-hybridized carbons (Fsp3) is 0.636. The Labute approximate surface area is 171 Å². The molecule has 0 radical (unpaired) electrons. The number of likely N-dealkylation sites (tertiary alicyclic amines) is 1. The molecule has 3 fully saturated rings. The topological polar surface area (TPSA) is 77.1 Å². The van der Waals surface area contributed by atoms with Gasteiger partial charge >= 0.3 is 0 Å². The molecule has 1 aromatic rings. The molecule has 7 heteroatoms. The Hall–Kier alpha value is -2.28. The van der Waals surface area contributed by atoms with E-state index in [0.29, 0.717) is 24.7 Å². The Morgan fingerprint density at radius 3 is 2.45 bits per heavy atom. The number of carbonyl (C=O) groups is 2. The van der Waals surface area contributed by atoms with Crippen molar-refractivity contribution in [1.29, 1.82) is 0 Å². The first-order valence-corrected chi connectivity index (χ1v) is 10.4. The molecule has 7 nitrogen and oxygen atoms in total. The number of hydrogen-bond donors (Lipinski definition) is 1. The first-order chi connectivity index (χ1) is 13.9. The monoisotopic (exact) mass is 402 g/mol. The van der Waals surface area contributed by atoms with Crippen LogP contribution >= 0.6 is 0 Å². The van der Waals surface area contributed by atoms with Crippen LogP contribution in [0.3, 0.4) is 0 Å². The summed E-state index contributed by atoms with van der Waals surface area (Å²) in [5.41, 5.74) is 1.03. The number of nitrogens with one attached hydrogen (secondary N) is 1. The van der Waals surface area contributed by atoms with Gasteiger partial charge in [0.05, 0.1) is 20.3 Å². The van der Waals surface area contributed by atoms with Crippen LogP contribution in [-0.4, -0.2) is 56.2 Å². The maximum atomic E-state index is 13.2. The van der Waals surface area contributed by atoms with E-state index in [9.17, 15) is 9.59 Å². The van der Waals surface area contributed by atoms with Crippen LogP contribution in [0.25, 0.3) is 0 Å². The van der Waals surface area contributed by atoms with Gasteiger partial charge in [0.1, 0.15) is 23.6 Å². The maximum Gasteiger partial charge on any atom is 0.252 e. The van der Waals surface area contributed by atoms with Gasteiger partial charge in [0.15, 0.2) is 0 Å². The van der Waals surface area contributed by atoms with E-state index in [1.54, 1.807) is 25.2 Å². The molecule has 2 aliphatic heterocycles. The van der Waals surface area contributed by atoms with Crippen molar-refractivity contribution >= 4 is 11.8 Å². The Bertz CT molecular complexity index is 763. The maximum absolute atomic E-state index is 13.2. The van der Waals surface area contributed by atoms with Gasteiger partial charge in [0, 0.05) is 19.2 Å². The van der Waals surface area contributed by atoms with E-state index in [0.717, 1.165) is 37.7 Å². The predicted octanol–water partition coefficient (Wildman–Crippen LogP) is 2.44. The van der Waals surface area contributed by atoms with E-state index in [1.807, 2.05) is 19.1 Å². The number of methoxy groups -OCH3 is 2. The summed E-state index contributed by atoms with van der Waals surface area (Å²) < 4.78 is 16.3. The molecule has 0 aromatic heterocycles. The van der Waals surface area contributed by atoms with Crippen molar-refractivity contribution in [3.63, 3.8) is 0 Å². The Morgan fingerprint density at radius 2 is 1.90 bits per heavy atom. The van der Waals surface area contributed by atoms with Crippen LogP contribution in [0.2, 0.25) is 0 Å². The lowest BCUT2D eigenvalue weighted by Crippen LogP contribution is -2.49. The molecule has 0 bridgehead atoms. The normalized spacial score (nSPS) is 25.7. The summed E-state index contributed by atoms with van der Waals surface area (Å²) in [6.07, 6.45) is 4.19. The summed E-state index contributed by atoms with van der Waals surface area (Å²) in [6, 6.07) is 4.92. The van der Waals surface area contributed by atoms with E-state index in [1.165, 1.54) is 0 Å². The first kappa shape index (κ1) is 20.0. The average molecular weight is 402 g/mol. The van der Waals surface area contributed by atoms with Crippen molar-refractivity contribution < 1.29 is 23.8 Å². The zero-order valence-corrected chi connectivity index (χ0v) is 17.4. The molecule has 4 rings (SSSR count). The summed E-state index contributed by atoms with van der Waals surface area (Å²) in [5.74, 6) is 1.22. The van der Waals surface area contributed by atoms with E-state index >= 15 is 0 Å². The van der Waals surface area contributed by atoms with Crippen LogP contribution < -0.4 is 14.8 Å². The molecule has 3 atom stereocenters. The zero-order valence-electron chi connectivity index (χ0n) is 17.4. The van der Waals surface area contributed by atoms with Crippen LogP contribution in [0, 0.1) is 5.41 Å². The molecule has 2 saturated heterocycles. The molecule has 158 valence electrons. The van der Waals surface area contributed by atoms with Crippen molar-refractivity contribution in [3.05, 3.63) is 23.8 Å². The van der Waals surface area contributed by atoms with E-state index < -0.39 is 6.04 Å². The third-order valence-corrected chi connectivity index (χ3v) is 6.49. The second-order valence-electron chi connectivity index (χ2n) is 8.56. The minimum atomic E-state index is -0.427. The fourth-order valence-electron chi connectivity index (χ4n) is 4.49. The number of nitrogens with zero attached hydrogens (tertiary/aromatic N) is 1. The van der Waals surface area contributed by atoms with Gasteiger partial charge in [-0.2, -0.15) is 0 Å². The first-order valence-electron chi connectivity index (χ1n) is 10.4. The van der Waals surface area contributed by atoms with Crippen LogP contribution in [0.5, 0.6) is 11.5 Å². The average Bonchev–Trinajstić information content (AvgIpc) is 3.12. The van der Waals surface area contributed by atoms with E-state index in [2.05, 4.69) is 5.32 Å². The summed E-state index contributed by atoms with van der Waals surface area (Å²) in [5, 5.41) is 3.10. The van der Waals surface area contributed by atoms with Gasteiger partial charge in [-0.3, -0.25) is 9.59 Å². The van der Waals surface area contributed by atoms with Crippen LogP contribution in [-0.2, 0) is 14.3 Å². The minimum absolute atomic E-state index is 0.0258. The number of ether oxygens (including phenoxy) is 3. The van der Waals surface area contributed by atoms with Crippen molar-refractivity contribution in [1.82, 2.24) is 10.2 Å². The van der Waals surface area contributed by atoms with Gasteiger partial charge in [0.25, 0.3) is 5.91 Å². The Balaban J connectivity index is 1.48. The molecular formula is C22H30N2O5. The molecule has 1 aromatic carbocycles. The molecule has 3 aliphatic rings. The highest BCUT2D eigenvalue weighted by atomic mass is 16.5. The highest BCUT2D eigenvalue weighted by Gasteiger charge is 2.56. The summed E-state index contributed by atoms with van der Waals surface area (Å²) >= 11 is 0. The lowest BCUT2D eigenvalue weighted by molar-refractivity contribution is -0.146. The Morgan fingerprint density at radius 1 is 1.21 bits per heavy atom. The van der Waals surface area contributed by atoms with Gasteiger partial charge in [-0.05, 0) is 62.1 Å². The number of carbonyl (C=O) groups excluding carboxylic acids is 2. The SMILES string of the molecule is COc1cc(OC)cc([C@@H](C)NC(=O)[C@H]2CC3(CC3)CN2C(=O)C2CCCO2)c1. The van der Waals surface area contributed by atoms with Crippen molar-refractivity contribution in [3.8, 4) is 11.5 Å². The third-order valence-electron chi connectivity index (χ3n) is 6.49. The van der Waals surface area contributed by atoms with Crippen molar-refractivity contribution in [2.24, 2.45) is 5.41 Å². The number of hydrogen-bond acceptors (Lipinski definition) is 5. The quantitative estimate of drug-likeness (QED) is 0.791. The molecule has 2 heterocycles. The van der Waals surface area contributed by atoms with Gasteiger partial charge in [-0.1, -0.05) is 0 Å². The number of rotatable bonds is 6. The van der Waals surface area contributed by atoms with E-state index in [4.69, 9.17) is 14.2 Å². The minimum Gasteiger partial charge on any atom is -0.497 e. The molecule has 1 N–H and O–H groups in total. The molecule has 1 saturated carbocycles. The lowest BCUT2D eigenvalue weighted by Gasteiger charge is -2.27. The highest BCUT2D eigenvalue weighted by molar-refractivity contribution is 5.90. The second-order valence-corrected chi connectivity index (χ2v) is 8.56. The van der Waals surface area contributed by atoms with Gasteiger partial charge in [0.2, 0.25) is 5.91 Å². The smallest absolute Gasteiger partial charge is 0.252 e. The van der Waals surface area contributed by atoms with Gasteiger partial charge in [-0.25, -0.2) is 0 Å². The molecular weight excluding hydrogens is 372 g/mol.